The summed E-state index contributed by atoms with van der Waals surface area (Å²) in [6, 6.07) is 6.46. The molecule has 3 aromatic rings. The SMILES string of the molecule is CC(C)c1ncc2n1-c1ncccc1NC21CCC(Cn2ccc(F)cc2=O)CC1. The molecule has 5 rings (SSSR count). The molecule has 0 unspecified atom stereocenters. The maximum atomic E-state index is 13.3. The number of nitrogens with zero attached hydrogens (tertiary/aromatic N) is 4. The Balaban J connectivity index is 1.44. The van der Waals surface area contributed by atoms with E-state index in [9.17, 15) is 9.18 Å². The van der Waals surface area contributed by atoms with Gasteiger partial charge in [0.15, 0.2) is 5.82 Å². The highest BCUT2D eigenvalue weighted by Gasteiger charge is 2.43. The number of hydrogen-bond donors (Lipinski definition) is 1. The van der Waals surface area contributed by atoms with E-state index in [4.69, 9.17) is 4.98 Å². The van der Waals surface area contributed by atoms with Gasteiger partial charge in [-0.2, -0.15) is 0 Å². The van der Waals surface area contributed by atoms with Crippen molar-refractivity contribution in [3.8, 4) is 5.82 Å². The summed E-state index contributed by atoms with van der Waals surface area (Å²) in [4.78, 5) is 21.5. The van der Waals surface area contributed by atoms with Crippen molar-refractivity contribution in [1.82, 2.24) is 19.1 Å². The van der Waals surface area contributed by atoms with E-state index in [2.05, 4.69) is 34.8 Å². The zero-order chi connectivity index (χ0) is 20.9. The van der Waals surface area contributed by atoms with Crippen molar-refractivity contribution in [2.75, 3.05) is 5.32 Å². The molecule has 4 heterocycles. The lowest BCUT2D eigenvalue weighted by Crippen LogP contribution is -2.44. The Hall–Kier alpha value is -2.96. The van der Waals surface area contributed by atoms with E-state index in [0.717, 1.165) is 49.1 Å². The van der Waals surface area contributed by atoms with Gasteiger partial charge in [0.1, 0.15) is 11.6 Å². The molecule has 0 bridgehead atoms. The molecule has 30 heavy (non-hydrogen) atoms. The third kappa shape index (κ3) is 3.04. The third-order valence-electron chi connectivity index (χ3n) is 6.54. The summed E-state index contributed by atoms with van der Waals surface area (Å²) in [5, 5.41) is 3.78. The van der Waals surface area contributed by atoms with E-state index in [-0.39, 0.29) is 11.1 Å². The van der Waals surface area contributed by atoms with Gasteiger partial charge in [-0.25, -0.2) is 14.4 Å². The van der Waals surface area contributed by atoms with Crippen LogP contribution >= 0.6 is 0 Å². The summed E-state index contributed by atoms with van der Waals surface area (Å²) in [7, 11) is 0. The van der Waals surface area contributed by atoms with Gasteiger partial charge in [0.05, 0.1) is 23.1 Å². The van der Waals surface area contributed by atoms with Gasteiger partial charge < -0.3 is 9.88 Å². The molecule has 6 nitrogen and oxygen atoms in total. The second-order valence-electron chi connectivity index (χ2n) is 8.85. The van der Waals surface area contributed by atoms with Gasteiger partial charge in [0, 0.05) is 30.9 Å². The first-order valence-electron chi connectivity index (χ1n) is 10.6. The highest BCUT2D eigenvalue weighted by atomic mass is 19.1. The molecule has 2 aliphatic rings. The first-order valence-corrected chi connectivity index (χ1v) is 10.6. The van der Waals surface area contributed by atoms with E-state index in [1.54, 1.807) is 10.8 Å². The first kappa shape index (κ1) is 19.0. The Morgan fingerprint density at radius 1 is 1.27 bits per heavy atom. The zero-order valence-electron chi connectivity index (χ0n) is 17.3. The molecule has 0 saturated heterocycles. The fourth-order valence-corrected chi connectivity index (χ4v) is 4.97. The highest BCUT2D eigenvalue weighted by Crippen LogP contribution is 2.47. The predicted octanol–water partition coefficient (Wildman–Crippen LogP) is 4.20. The fraction of sp³-hybridized carbons (Fsp3) is 0.435. The number of rotatable bonds is 3. The van der Waals surface area contributed by atoms with Gasteiger partial charge in [-0.05, 0) is 49.8 Å². The van der Waals surface area contributed by atoms with Crippen molar-refractivity contribution in [2.24, 2.45) is 5.92 Å². The molecular formula is C23H26FN5O. The second kappa shape index (κ2) is 7.07. The molecule has 3 aromatic heterocycles. The fourth-order valence-electron chi connectivity index (χ4n) is 4.97. The van der Waals surface area contributed by atoms with Crippen molar-refractivity contribution >= 4 is 5.69 Å². The molecule has 1 saturated carbocycles. The maximum absolute atomic E-state index is 13.3. The molecular weight excluding hydrogens is 381 g/mol. The molecule has 1 spiro atoms. The number of imidazole rings is 1. The largest absolute Gasteiger partial charge is 0.371 e. The predicted molar refractivity (Wildman–Crippen MR) is 113 cm³/mol. The topological polar surface area (TPSA) is 64.7 Å². The first-order chi connectivity index (χ1) is 14.5. The van der Waals surface area contributed by atoms with Crippen LogP contribution in [0.25, 0.3) is 5.82 Å². The molecule has 1 N–H and O–H groups in total. The molecule has 0 aromatic carbocycles. The normalized spacial score (nSPS) is 22.6. The van der Waals surface area contributed by atoms with Gasteiger partial charge in [0.25, 0.3) is 5.56 Å². The van der Waals surface area contributed by atoms with Crippen molar-refractivity contribution in [3.05, 3.63) is 70.5 Å². The summed E-state index contributed by atoms with van der Waals surface area (Å²) in [6.07, 6.45) is 9.25. The van der Waals surface area contributed by atoms with Crippen LogP contribution in [0.1, 0.15) is 57.0 Å². The van der Waals surface area contributed by atoms with Gasteiger partial charge >= 0.3 is 0 Å². The molecule has 0 amide bonds. The van der Waals surface area contributed by atoms with Crippen LogP contribution in [-0.4, -0.2) is 19.1 Å². The molecule has 1 fully saturated rings. The average molecular weight is 407 g/mol. The van der Waals surface area contributed by atoms with Crippen LogP contribution in [0.4, 0.5) is 10.1 Å². The van der Waals surface area contributed by atoms with E-state index >= 15 is 0 Å². The lowest BCUT2D eigenvalue weighted by molar-refractivity contribution is 0.225. The standard InChI is InChI=1S/C23H26FN5O/c1-15(2)21-26-13-19-23(27-18-4-3-10-25-22(18)29(19)21)8-5-16(6-9-23)14-28-11-7-17(24)12-20(28)30/h3-4,7,10-13,15-16,27H,5-6,8-9,14H2,1-2H3. The van der Waals surface area contributed by atoms with Gasteiger partial charge in [-0.1, -0.05) is 13.8 Å². The summed E-state index contributed by atoms with van der Waals surface area (Å²) in [5.74, 6) is 2.15. The van der Waals surface area contributed by atoms with Crippen molar-refractivity contribution < 1.29 is 4.39 Å². The van der Waals surface area contributed by atoms with Gasteiger partial charge in [-0.15, -0.1) is 0 Å². The summed E-state index contributed by atoms with van der Waals surface area (Å²) in [6.45, 7) is 4.94. The Kier molecular flexibility index (Phi) is 4.49. The molecule has 1 aliphatic carbocycles. The van der Waals surface area contributed by atoms with E-state index < -0.39 is 5.82 Å². The van der Waals surface area contributed by atoms with Crippen molar-refractivity contribution in [2.45, 2.75) is 57.5 Å². The van der Waals surface area contributed by atoms with Crippen LogP contribution in [0.5, 0.6) is 0 Å². The van der Waals surface area contributed by atoms with Crippen LogP contribution in [0.3, 0.4) is 0 Å². The average Bonchev–Trinajstić information content (AvgIpc) is 3.19. The molecule has 156 valence electrons. The minimum absolute atomic E-state index is 0.180. The highest BCUT2D eigenvalue weighted by molar-refractivity contribution is 5.63. The molecule has 0 radical (unpaired) electrons. The summed E-state index contributed by atoms with van der Waals surface area (Å²) < 4.78 is 17.1. The summed E-state index contributed by atoms with van der Waals surface area (Å²) >= 11 is 0. The zero-order valence-corrected chi connectivity index (χ0v) is 17.3. The number of pyridine rings is 2. The molecule has 7 heteroatoms. The Bertz CT molecular complexity index is 1140. The van der Waals surface area contributed by atoms with Crippen LogP contribution in [-0.2, 0) is 12.1 Å². The van der Waals surface area contributed by atoms with Crippen LogP contribution in [0.15, 0.2) is 47.7 Å². The van der Waals surface area contributed by atoms with Crippen molar-refractivity contribution in [3.63, 3.8) is 0 Å². The number of hydrogen-bond acceptors (Lipinski definition) is 4. The monoisotopic (exact) mass is 407 g/mol. The number of anilines is 1. The number of fused-ring (bicyclic) bond motifs is 4. The molecule has 0 atom stereocenters. The van der Waals surface area contributed by atoms with Gasteiger partial charge in [-0.3, -0.25) is 9.36 Å². The third-order valence-corrected chi connectivity index (χ3v) is 6.54. The number of nitrogens with one attached hydrogen (secondary N) is 1. The Morgan fingerprint density at radius 3 is 2.80 bits per heavy atom. The van der Waals surface area contributed by atoms with Crippen LogP contribution in [0, 0.1) is 11.7 Å². The lowest BCUT2D eigenvalue weighted by Gasteiger charge is -2.45. The minimum atomic E-state index is -0.480. The summed E-state index contributed by atoms with van der Waals surface area (Å²) in [5.41, 5.74) is 1.76. The van der Waals surface area contributed by atoms with Gasteiger partial charge in [0.2, 0.25) is 0 Å². The maximum Gasteiger partial charge on any atom is 0.253 e. The van der Waals surface area contributed by atoms with Crippen molar-refractivity contribution in [1.29, 1.82) is 0 Å². The Morgan fingerprint density at radius 2 is 2.07 bits per heavy atom. The van der Waals surface area contributed by atoms with E-state index in [0.29, 0.717) is 18.4 Å². The van der Waals surface area contributed by atoms with E-state index in [1.807, 2.05) is 18.5 Å². The smallest absolute Gasteiger partial charge is 0.253 e. The van der Waals surface area contributed by atoms with Crippen LogP contribution < -0.4 is 10.9 Å². The van der Waals surface area contributed by atoms with Crippen LogP contribution in [0.2, 0.25) is 0 Å². The number of halogens is 1. The Labute approximate surface area is 174 Å². The number of aromatic nitrogens is 4. The van der Waals surface area contributed by atoms with E-state index in [1.165, 1.54) is 11.8 Å². The minimum Gasteiger partial charge on any atom is -0.371 e. The molecule has 1 aliphatic heterocycles. The quantitative estimate of drug-likeness (QED) is 0.707. The second-order valence-corrected chi connectivity index (χ2v) is 8.85. The lowest BCUT2D eigenvalue weighted by atomic mass is 9.73.